The summed E-state index contributed by atoms with van der Waals surface area (Å²) in [4.78, 5) is 35.6. The molecule has 1 saturated heterocycles. The number of rotatable bonds is 4. The summed E-state index contributed by atoms with van der Waals surface area (Å²) in [5.41, 5.74) is 5.83. The molecule has 0 saturated carbocycles. The van der Waals surface area contributed by atoms with Gasteiger partial charge in [-0.2, -0.15) is 4.37 Å². The van der Waals surface area contributed by atoms with E-state index in [1.54, 1.807) is 11.0 Å². The van der Waals surface area contributed by atoms with E-state index in [4.69, 9.17) is 5.73 Å². The van der Waals surface area contributed by atoms with Gasteiger partial charge in [-0.05, 0) is 12.1 Å². The number of urea groups is 1. The second-order valence-electron chi connectivity index (χ2n) is 5.55. The Bertz CT molecular complexity index is 753. The molecule has 0 unspecified atom stereocenters. The molecule has 10 heteroatoms. The molecule has 3 heterocycles. The fraction of sp³-hybridized carbons (Fsp3) is 0.400. The third-order valence-corrected chi connectivity index (χ3v) is 4.69. The maximum absolute atomic E-state index is 12.3. The van der Waals surface area contributed by atoms with Gasteiger partial charge in [-0.3, -0.25) is 4.79 Å². The van der Waals surface area contributed by atoms with Crippen molar-refractivity contribution in [3.63, 3.8) is 0 Å². The molecule has 0 spiro atoms. The summed E-state index contributed by atoms with van der Waals surface area (Å²) in [7, 11) is 0. The van der Waals surface area contributed by atoms with Crippen molar-refractivity contribution in [2.24, 2.45) is 5.73 Å². The summed E-state index contributed by atoms with van der Waals surface area (Å²) in [6.07, 6.45) is 2.24. The first-order chi connectivity index (χ1) is 12.1. The molecular weight excluding hydrogens is 342 g/mol. The zero-order chi connectivity index (χ0) is 17.8. The molecule has 2 aromatic heterocycles. The minimum Gasteiger partial charge on any atom is -0.364 e. The molecule has 0 aromatic carbocycles. The topological polar surface area (TPSA) is 117 Å². The van der Waals surface area contributed by atoms with Crippen molar-refractivity contribution < 1.29 is 9.59 Å². The average molecular weight is 361 g/mol. The van der Waals surface area contributed by atoms with E-state index in [1.807, 2.05) is 6.92 Å². The summed E-state index contributed by atoms with van der Waals surface area (Å²) < 4.78 is 4.30. The Morgan fingerprint density at radius 3 is 2.60 bits per heavy atom. The second-order valence-corrected chi connectivity index (χ2v) is 6.28. The van der Waals surface area contributed by atoms with Gasteiger partial charge < -0.3 is 20.9 Å². The van der Waals surface area contributed by atoms with Crippen LogP contribution in [0.5, 0.6) is 0 Å². The molecule has 0 atom stereocenters. The van der Waals surface area contributed by atoms with Gasteiger partial charge in [0, 0.05) is 44.1 Å². The predicted molar refractivity (Wildman–Crippen MR) is 94.8 cm³/mol. The van der Waals surface area contributed by atoms with Crippen molar-refractivity contribution in [2.45, 2.75) is 13.3 Å². The monoisotopic (exact) mass is 361 g/mol. The number of primary amides is 1. The van der Waals surface area contributed by atoms with Crippen LogP contribution < -0.4 is 16.0 Å². The third-order valence-electron chi connectivity index (χ3n) is 3.88. The Labute approximate surface area is 149 Å². The van der Waals surface area contributed by atoms with E-state index in [2.05, 4.69) is 24.6 Å². The maximum Gasteiger partial charge on any atom is 0.322 e. The van der Waals surface area contributed by atoms with E-state index < -0.39 is 5.91 Å². The average Bonchev–Trinajstić information content (AvgIpc) is 3.11. The van der Waals surface area contributed by atoms with Gasteiger partial charge in [-0.1, -0.05) is 6.92 Å². The molecule has 3 amide bonds. The minimum atomic E-state index is -0.600. The largest absolute Gasteiger partial charge is 0.364 e. The molecular formula is C15H19N7O2S. The maximum atomic E-state index is 12.3. The molecule has 1 fully saturated rings. The lowest BCUT2D eigenvalue weighted by molar-refractivity contribution is 0.0995. The van der Waals surface area contributed by atoms with Gasteiger partial charge in [0.15, 0.2) is 0 Å². The first-order valence-corrected chi connectivity index (χ1v) is 8.73. The van der Waals surface area contributed by atoms with E-state index in [0.717, 1.165) is 17.4 Å². The Hall–Kier alpha value is -2.75. The quantitative estimate of drug-likeness (QED) is 0.837. The number of amides is 3. The van der Waals surface area contributed by atoms with Crippen LogP contribution in [0.25, 0.3) is 0 Å². The standard InChI is InChI=1S/C15H19N7O2S/c1-2-12-19-15(25-20-12)22-7-5-21(6-8-22)14(24)18-10-3-4-11(13(16)23)17-9-10/h3-4,9H,2,5-8H2,1H3,(H2,16,23)(H,18,24). The number of aryl methyl sites for hydroxylation is 1. The number of piperazine rings is 1. The molecule has 132 valence electrons. The third kappa shape index (κ3) is 4.02. The van der Waals surface area contributed by atoms with E-state index >= 15 is 0 Å². The van der Waals surface area contributed by atoms with Crippen LogP contribution in [0.2, 0.25) is 0 Å². The fourth-order valence-electron chi connectivity index (χ4n) is 2.43. The first kappa shape index (κ1) is 17.1. The van der Waals surface area contributed by atoms with Gasteiger partial charge in [0.25, 0.3) is 5.91 Å². The Balaban J connectivity index is 1.53. The Morgan fingerprint density at radius 2 is 2.04 bits per heavy atom. The van der Waals surface area contributed by atoms with Crippen LogP contribution in [0.1, 0.15) is 23.2 Å². The van der Waals surface area contributed by atoms with E-state index in [-0.39, 0.29) is 11.7 Å². The number of aromatic nitrogens is 3. The number of nitrogens with two attached hydrogens (primary N) is 1. The van der Waals surface area contributed by atoms with Gasteiger partial charge in [0.2, 0.25) is 5.13 Å². The van der Waals surface area contributed by atoms with Crippen LogP contribution in [0.4, 0.5) is 15.6 Å². The highest BCUT2D eigenvalue weighted by Crippen LogP contribution is 2.19. The van der Waals surface area contributed by atoms with Crippen LogP contribution in [-0.2, 0) is 6.42 Å². The highest BCUT2D eigenvalue weighted by molar-refractivity contribution is 7.09. The number of pyridine rings is 1. The number of carbonyl (C=O) groups excluding carboxylic acids is 2. The molecule has 3 N–H and O–H groups in total. The van der Waals surface area contributed by atoms with Gasteiger partial charge in [-0.15, -0.1) is 0 Å². The molecule has 0 bridgehead atoms. The summed E-state index contributed by atoms with van der Waals surface area (Å²) in [6, 6.07) is 2.89. The highest BCUT2D eigenvalue weighted by atomic mass is 32.1. The second kappa shape index (κ2) is 7.43. The van der Waals surface area contributed by atoms with Gasteiger partial charge in [0.05, 0.1) is 11.9 Å². The molecule has 9 nitrogen and oxygen atoms in total. The smallest absolute Gasteiger partial charge is 0.322 e. The van der Waals surface area contributed by atoms with Crippen molar-refractivity contribution in [3.05, 3.63) is 29.8 Å². The predicted octanol–water partition coefficient (Wildman–Crippen LogP) is 0.949. The van der Waals surface area contributed by atoms with Crippen LogP contribution in [0.3, 0.4) is 0 Å². The molecule has 3 rings (SSSR count). The van der Waals surface area contributed by atoms with E-state index in [0.29, 0.717) is 31.9 Å². The highest BCUT2D eigenvalue weighted by Gasteiger charge is 2.23. The van der Waals surface area contributed by atoms with Crippen LogP contribution in [0.15, 0.2) is 18.3 Å². The molecule has 0 aliphatic carbocycles. The van der Waals surface area contributed by atoms with Crippen molar-refractivity contribution in [1.82, 2.24) is 19.2 Å². The minimum absolute atomic E-state index is 0.162. The summed E-state index contributed by atoms with van der Waals surface area (Å²) in [5.74, 6) is 0.254. The van der Waals surface area contributed by atoms with Gasteiger partial charge >= 0.3 is 6.03 Å². The Kier molecular flexibility index (Phi) is 5.08. The molecule has 1 aliphatic rings. The zero-order valence-electron chi connectivity index (χ0n) is 13.8. The van der Waals surface area contributed by atoms with E-state index in [1.165, 1.54) is 23.8 Å². The van der Waals surface area contributed by atoms with Crippen LogP contribution in [-0.4, -0.2) is 57.4 Å². The van der Waals surface area contributed by atoms with Crippen molar-refractivity contribution in [3.8, 4) is 0 Å². The van der Waals surface area contributed by atoms with Crippen molar-refractivity contribution >= 4 is 34.3 Å². The van der Waals surface area contributed by atoms with E-state index in [9.17, 15) is 9.59 Å². The fourth-order valence-corrected chi connectivity index (χ4v) is 3.23. The first-order valence-electron chi connectivity index (χ1n) is 7.96. The van der Waals surface area contributed by atoms with Crippen molar-refractivity contribution in [2.75, 3.05) is 36.4 Å². The summed E-state index contributed by atoms with van der Waals surface area (Å²) >= 11 is 1.40. The molecule has 2 aromatic rings. The lowest BCUT2D eigenvalue weighted by Gasteiger charge is -2.34. The van der Waals surface area contributed by atoms with Crippen LogP contribution >= 0.6 is 11.5 Å². The normalized spacial score (nSPS) is 14.4. The lowest BCUT2D eigenvalue weighted by Crippen LogP contribution is -2.50. The molecule has 25 heavy (non-hydrogen) atoms. The number of anilines is 2. The number of nitrogens with one attached hydrogen (secondary N) is 1. The Morgan fingerprint density at radius 1 is 1.28 bits per heavy atom. The number of nitrogens with zero attached hydrogens (tertiary/aromatic N) is 5. The molecule has 0 radical (unpaired) electrons. The summed E-state index contributed by atoms with van der Waals surface area (Å²) in [5, 5.41) is 3.68. The number of hydrogen-bond donors (Lipinski definition) is 2. The van der Waals surface area contributed by atoms with Crippen LogP contribution in [0, 0.1) is 0 Å². The van der Waals surface area contributed by atoms with Gasteiger partial charge in [0.1, 0.15) is 11.5 Å². The van der Waals surface area contributed by atoms with Gasteiger partial charge in [-0.25, -0.2) is 14.8 Å². The molecule has 1 aliphatic heterocycles. The SMILES string of the molecule is CCc1nsc(N2CCN(C(=O)Nc3ccc(C(N)=O)nc3)CC2)n1. The number of hydrogen-bond acceptors (Lipinski definition) is 7. The summed E-state index contributed by atoms with van der Waals surface area (Å²) in [6.45, 7) is 4.65. The zero-order valence-corrected chi connectivity index (χ0v) is 14.6. The lowest BCUT2D eigenvalue weighted by atomic mass is 10.3. The van der Waals surface area contributed by atoms with Crippen molar-refractivity contribution in [1.29, 1.82) is 0 Å². The number of carbonyl (C=O) groups is 2.